The summed E-state index contributed by atoms with van der Waals surface area (Å²) >= 11 is 3.47. The molecule has 0 aliphatic carbocycles. The Bertz CT molecular complexity index is 85.9. The quantitative estimate of drug-likeness (QED) is 0.503. The predicted octanol–water partition coefficient (Wildman–Crippen LogP) is 3.33. The Kier molecular flexibility index (Phi) is 9.88. The van der Waals surface area contributed by atoms with E-state index in [-0.39, 0.29) is 0 Å². The van der Waals surface area contributed by atoms with E-state index in [1.165, 1.54) is 38.6 Å². The summed E-state index contributed by atoms with van der Waals surface area (Å²) in [6.07, 6.45) is 6.50. The molecule has 0 rings (SSSR count). The number of halogens is 1. The van der Waals surface area contributed by atoms with Gasteiger partial charge in [-0.25, -0.2) is 0 Å². The zero-order chi connectivity index (χ0) is 9.23. The Morgan fingerprint density at radius 3 is 2.50 bits per heavy atom. The summed E-state index contributed by atoms with van der Waals surface area (Å²) < 4.78 is 0. The second kappa shape index (κ2) is 9.53. The first-order chi connectivity index (χ1) is 5.85. The van der Waals surface area contributed by atoms with Gasteiger partial charge in [-0.15, -0.1) is 0 Å². The van der Waals surface area contributed by atoms with Gasteiger partial charge in [0.2, 0.25) is 0 Å². The Morgan fingerprint density at radius 1 is 1.25 bits per heavy atom. The van der Waals surface area contributed by atoms with Crippen LogP contribution in [0.3, 0.4) is 0 Å². The zero-order valence-electron chi connectivity index (χ0n) is 8.41. The molecule has 0 bridgehead atoms. The molecule has 1 N–H and O–H groups in total. The van der Waals surface area contributed by atoms with Crippen molar-refractivity contribution in [3.63, 3.8) is 0 Å². The van der Waals surface area contributed by atoms with E-state index in [9.17, 15) is 0 Å². The summed E-state index contributed by atoms with van der Waals surface area (Å²) in [5.74, 6) is 0. The molecular weight excluding hydrogens is 214 g/mol. The van der Waals surface area contributed by atoms with Crippen LogP contribution in [0.5, 0.6) is 0 Å². The average molecular weight is 236 g/mol. The Morgan fingerprint density at radius 2 is 2.00 bits per heavy atom. The van der Waals surface area contributed by atoms with E-state index in [1.54, 1.807) is 0 Å². The molecule has 1 atom stereocenters. The van der Waals surface area contributed by atoms with E-state index >= 15 is 0 Å². The lowest BCUT2D eigenvalue weighted by molar-refractivity contribution is 0.476. The van der Waals surface area contributed by atoms with Crippen molar-refractivity contribution in [1.82, 2.24) is 5.32 Å². The molecule has 1 nitrogen and oxygen atoms in total. The minimum absolute atomic E-state index is 0.723. The number of hydrogen-bond donors (Lipinski definition) is 1. The van der Waals surface area contributed by atoms with Crippen molar-refractivity contribution >= 4 is 15.9 Å². The van der Waals surface area contributed by atoms with Crippen molar-refractivity contribution in [2.75, 3.05) is 11.9 Å². The molecular formula is C10H22BrN. The van der Waals surface area contributed by atoms with Crippen molar-refractivity contribution in [3.05, 3.63) is 0 Å². The maximum absolute atomic E-state index is 3.58. The number of hydrogen-bond acceptors (Lipinski definition) is 1. The standard InChI is InChI=1S/C10H22BrN/c1-3-5-6-9-12-10(4-2)7-8-11/h10,12H,3-9H2,1-2H3. The second-order valence-corrected chi connectivity index (χ2v) is 4.04. The van der Waals surface area contributed by atoms with Gasteiger partial charge in [-0.2, -0.15) is 0 Å². The summed E-state index contributed by atoms with van der Waals surface area (Å²) in [6.45, 7) is 5.69. The summed E-state index contributed by atoms with van der Waals surface area (Å²) in [6, 6.07) is 0.723. The molecule has 1 unspecified atom stereocenters. The van der Waals surface area contributed by atoms with Crippen molar-refractivity contribution in [2.24, 2.45) is 0 Å². The minimum Gasteiger partial charge on any atom is -0.314 e. The summed E-state index contributed by atoms with van der Waals surface area (Å²) in [4.78, 5) is 0. The third-order valence-electron chi connectivity index (χ3n) is 2.16. The number of rotatable bonds is 8. The van der Waals surface area contributed by atoms with Crippen LogP contribution in [0.2, 0.25) is 0 Å². The molecule has 0 aromatic carbocycles. The van der Waals surface area contributed by atoms with Crippen molar-refractivity contribution in [1.29, 1.82) is 0 Å². The van der Waals surface area contributed by atoms with E-state index in [4.69, 9.17) is 0 Å². The fourth-order valence-electron chi connectivity index (χ4n) is 1.26. The molecule has 2 heteroatoms. The van der Waals surface area contributed by atoms with E-state index in [1.807, 2.05) is 0 Å². The molecule has 0 aliphatic heterocycles. The van der Waals surface area contributed by atoms with E-state index < -0.39 is 0 Å². The van der Waals surface area contributed by atoms with Crippen LogP contribution in [0.4, 0.5) is 0 Å². The number of nitrogens with one attached hydrogen (secondary N) is 1. The van der Waals surface area contributed by atoms with Crippen LogP contribution in [0.1, 0.15) is 46.0 Å². The molecule has 0 radical (unpaired) electrons. The van der Waals surface area contributed by atoms with Crippen molar-refractivity contribution < 1.29 is 0 Å². The fraction of sp³-hybridized carbons (Fsp3) is 1.00. The molecule has 0 aromatic rings. The molecule has 0 aliphatic rings. The lowest BCUT2D eigenvalue weighted by Crippen LogP contribution is -2.29. The molecule has 0 heterocycles. The van der Waals surface area contributed by atoms with Crippen LogP contribution in [-0.2, 0) is 0 Å². The highest BCUT2D eigenvalue weighted by atomic mass is 79.9. The van der Waals surface area contributed by atoms with Gasteiger partial charge in [-0.1, -0.05) is 42.6 Å². The molecule has 0 spiro atoms. The third kappa shape index (κ3) is 7.11. The van der Waals surface area contributed by atoms with Gasteiger partial charge in [0.1, 0.15) is 0 Å². The highest BCUT2D eigenvalue weighted by Gasteiger charge is 2.02. The van der Waals surface area contributed by atoms with Gasteiger partial charge in [0.25, 0.3) is 0 Å². The summed E-state index contributed by atoms with van der Waals surface area (Å²) in [7, 11) is 0. The molecule has 0 saturated carbocycles. The molecule has 0 amide bonds. The maximum atomic E-state index is 3.58. The predicted molar refractivity (Wildman–Crippen MR) is 60.0 cm³/mol. The van der Waals surface area contributed by atoms with E-state index in [2.05, 4.69) is 35.1 Å². The van der Waals surface area contributed by atoms with Gasteiger partial charge in [0, 0.05) is 11.4 Å². The van der Waals surface area contributed by atoms with Crippen LogP contribution in [0.25, 0.3) is 0 Å². The van der Waals surface area contributed by atoms with Crippen molar-refractivity contribution in [3.8, 4) is 0 Å². The Balaban J connectivity index is 3.19. The van der Waals surface area contributed by atoms with Gasteiger partial charge >= 0.3 is 0 Å². The van der Waals surface area contributed by atoms with Gasteiger partial charge < -0.3 is 5.32 Å². The summed E-state index contributed by atoms with van der Waals surface area (Å²) in [5.41, 5.74) is 0. The van der Waals surface area contributed by atoms with Crippen molar-refractivity contribution in [2.45, 2.75) is 52.0 Å². The number of alkyl halides is 1. The molecule has 0 aromatic heterocycles. The third-order valence-corrected chi connectivity index (χ3v) is 2.62. The monoisotopic (exact) mass is 235 g/mol. The maximum Gasteiger partial charge on any atom is 0.00723 e. The van der Waals surface area contributed by atoms with Crippen LogP contribution >= 0.6 is 15.9 Å². The molecule has 74 valence electrons. The van der Waals surface area contributed by atoms with Crippen LogP contribution < -0.4 is 5.32 Å². The molecule has 12 heavy (non-hydrogen) atoms. The number of unbranched alkanes of at least 4 members (excludes halogenated alkanes) is 2. The van der Waals surface area contributed by atoms with Gasteiger partial charge in [-0.3, -0.25) is 0 Å². The Labute approximate surface area is 85.4 Å². The topological polar surface area (TPSA) is 12.0 Å². The van der Waals surface area contributed by atoms with Gasteiger partial charge in [-0.05, 0) is 25.8 Å². The lowest BCUT2D eigenvalue weighted by Gasteiger charge is -2.15. The Hall–Kier alpha value is 0.440. The smallest absolute Gasteiger partial charge is 0.00723 e. The van der Waals surface area contributed by atoms with E-state index in [0.717, 1.165) is 11.4 Å². The first-order valence-electron chi connectivity index (χ1n) is 5.14. The fourth-order valence-corrected chi connectivity index (χ4v) is 1.82. The highest BCUT2D eigenvalue weighted by Crippen LogP contribution is 2.01. The first kappa shape index (κ1) is 12.4. The zero-order valence-corrected chi connectivity index (χ0v) is 9.99. The summed E-state index contributed by atoms with van der Waals surface area (Å²) in [5, 5.41) is 4.69. The van der Waals surface area contributed by atoms with Crippen LogP contribution in [-0.4, -0.2) is 17.9 Å². The van der Waals surface area contributed by atoms with E-state index in [0.29, 0.717) is 0 Å². The van der Waals surface area contributed by atoms with Crippen LogP contribution in [0, 0.1) is 0 Å². The highest BCUT2D eigenvalue weighted by molar-refractivity contribution is 9.09. The largest absolute Gasteiger partial charge is 0.314 e. The molecule has 0 saturated heterocycles. The lowest BCUT2D eigenvalue weighted by atomic mass is 10.1. The first-order valence-corrected chi connectivity index (χ1v) is 6.26. The normalized spacial score (nSPS) is 13.2. The SMILES string of the molecule is CCCCCNC(CC)CCBr. The molecule has 0 fully saturated rings. The minimum atomic E-state index is 0.723. The van der Waals surface area contributed by atoms with Gasteiger partial charge in [0.15, 0.2) is 0 Å². The second-order valence-electron chi connectivity index (χ2n) is 3.24. The van der Waals surface area contributed by atoms with Gasteiger partial charge in [0.05, 0.1) is 0 Å². The average Bonchev–Trinajstić information content (AvgIpc) is 2.10. The van der Waals surface area contributed by atoms with Crippen LogP contribution in [0.15, 0.2) is 0 Å².